The van der Waals surface area contributed by atoms with Gasteiger partial charge in [0.25, 0.3) is 0 Å². The van der Waals surface area contributed by atoms with E-state index in [-0.39, 0.29) is 10.5 Å². The van der Waals surface area contributed by atoms with Crippen LogP contribution >= 0.6 is 15.9 Å². The average Bonchev–Trinajstić information content (AvgIpc) is 2.30. The van der Waals surface area contributed by atoms with Crippen LogP contribution in [0.25, 0.3) is 0 Å². The van der Waals surface area contributed by atoms with E-state index in [4.69, 9.17) is 10.8 Å². The Labute approximate surface area is 124 Å². The van der Waals surface area contributed by atoms with E-state index in [1.165, 1.54) is 13.1 Å². The maximum atomic E-state index is 12.2. The van der Waals surface area contributed by atoms with Crippen molar-refractivity contribution in [2.75, 3.05) is 13.6 Å². The van der Waals surface area contributed by atoms with E-state index in [2.05, 4.69) is 15.9 Å². The van der Waals surface area contributed by atoms with Crippen LogP contribution in [0.2, 0.25) is 0 Å². The first-order valence-corrected chi connectivity index (χ1v) is 7.58. The third-order valence-corrected chi connectivity index (χ3v) is 5.24. The summed E-state index contributed by atoms with van der Waals surface area (Å²) in [6, 6.07) is 2.34. The molecule has 110 valence electrons. The smallest absolute Gasteiger partial charge is 0.336 e. The van der Waals surface area contributed by atoms with Crippen molar-refractivity contribution in [3.8, 4) is 0 Å². The Morgan fingerprint density at radius 3 is 2.40 bits per heavy atom. The second-order valence-corrected chi connectivity index (χ2v) is 7.01. The number of sulfonamides is 1. The summed E-state index contributed by atoms with van der Waals surface area (Å²) in [6.45, 7) is 1.06. The van der Waals surface area contributed by atoms with Gasteiger partial charge in [-0.3, -0.25) is 4.79 Å². The van der Waals surface area contributed by atoms with Gasteiger partial charge in [-0.05, 0) is 24.6 Å². The summed E-state index contributed by atoms with van der Waals surface area (Å²) in [6.07, 6.45) is 0. The zero-order valence-corrected chi connectivity index (χ0v) is 13.2. The monoisotopic (exact) mass is 364 g/mol. The van der Waals surface area contributed by atoms with Gasteiger partial charge in [-0.2, -0.15) is 4.31 Å². The number of carbonyl (C=O) groups is 2. The molecular formula is C11H13BrN2O5S. The summed E-state index contributed by atoms with van der Waals surface area (Å²) in [5, 5.41) is 9.06. The van der Waals surface area contributed by atoms with Gasteiger partial charge in [0.15, 0.2) is 0 Å². The number of likely N-dealkylation sites (N-methyl/N-ethyl adjacent to an activating group) is 1. The molecule has 0 spiro atoms. The molecule has 0 fully saturated rings. The minimum absolute atomic E-state index is 0.134. The molecule has 0 aliphatic rings. The van der Waals surface area contributed by atoms with E-state index >= 15 is 0 Å². The molecule has 1 amide bonds. The summed E-state index contributed by atoms with van der Waals surface area (Å²) >= 11 is 3.12. The first-order chi connectivity index (χ1) is 9.07. The molecule has 0 saturated carbocycles. The predicted octanol–water partition coefficient (Wildman–Crippen LogP) is 0.562. The molecule has 1 rings (SSSR count). The van der Waals surface area contributed by atoms with Crippen molar-refractivity contribution in [2.45, 2.75) is 11.8 Å². The number of hydrogen-bond acceptors (Lipinski definition) is 4. The van der Waals surface area contributed by atoms with Crippen molar-refractivity contribution in [1.82, 2.24) is 4.31 Å². The van der Waals surface area contributed by atoms with Crippen molar-refractivity contribution >= 4 is 37.8 Å². The SMILES string of the molecule is Cc1c(Br)cc(S(=O)(=O)N(C)CC(N)=O)cc1C(=O)O. The van der Waals surface area contributed by atoms with Gasteiger partial charge in [-0.1, -0.05) is 15.9 Å². The van der Waals surface area contributed by atoms with E-state index in [0.29, 0.717) is 10.0 Å². The third-order valence-electron chi connectivity index (χ3n) is 2.63. The van der Waals surface area contributed by atoms with E-state index < -0.39 is 28.4 Å². The highest BCUT2D eigenvalue weighted by Crippen LogP contribution is 2.26. The van der Waals surface area contributed by atoms with Gasteiger partial charge in [-0.15, -0.1) is 0 Å². The number of nitrogens with two attached hydrogens (primary N) is 1. The number of benzene rings is 1. The molecule has 0 bridgehead atoms. The van der Waals surface area contributed by atoms with Gasteiger partial charge in [0.2, 0.25) is 15.9 Å². The largest absolute Gasteiger partial charge is 0.478 e. The standard InChI is InChI=1S/C11H13BrN2O5S/c1-6-8(11(16)17)3-7(4-9(6)12)20(18,19)14(2)5-10(13)15/h3-4H,5H2,1-2H3,(H2,13,15)(H,16,17). The molecule has 0 heterocycles. The molecule has 0 aliphatic carbocycles. The van der Waals surface area contributed by atoms with Crippen LogP contribution in [0.4, 0.5) is 0 Å². The van der Waals surface area contributed by atoms with Crippen LogP contribution in [0, 0.1) is 6.92 Å². The fraction of sp³-hybridized carbons (Fsp3) is 0.273. The number of amides is 1. The fourth-order valence-corrected chi connectivity index (χ4v) is 3.31. The van der Waals surface area contributed by atoms with Crippen LogP contribution in [-0.4, -0.2) is 43.3 Å². The highest BCUT2D eigenvalue weighted by Gasteiger charge is 2.25. The van der Waals surface area contributed by atoms with Gasteiger partial charge < -0.3 is 10.8 Å². The molecule has 0 unspecified atom stereocenters. The highest BCUT2D eigenvalue weighted by atomic mass is 79.9. The Morgan fingerprint density at radius 2 is 1.95 bits per heavy atom. The lowest BCUT2D eigenvalue weighted by molar-refractivity contribution is -0.118. The van der Waals surface area contributed by atoms with Gasteiger partial charge in [0.1, 0.15) is 0 Å². The lowest BCUT2D eigenvalue weighted by atomic mass is 10.1. The number of halogens is 1. The Kier molecular flexibility index (Phi) is 4.90. The van der Waals surface area contributed by atoms with E-state index in [9.17, 15) is 18.0 Å². The van der Waals surface area contributed by atoms with E-state index in [0.717, 1.165) is 10.4 Å². The number of primary amides is 1. The number of carboxylic acids is 1. The first-order valence-electron chi connectivity index (χ1n) is 5.35. The normalized spacial score (nSPS) is 11.6. The lowest BCUT2D eigenvalue weighted by Gasteiger charge is -2.16. The van der Waals surface area contributed by atoms with Crippen LogP contribution in [-0.2, 0) is 14.8 Å². The summed E-state index contributed by atoms with van der Waals surface area (Å²) in [5.41, 5.74) is 5.23. The zero-order valence-electron chi connectivity index (χ0n) is 10.8. The molecule has 7 nitrogen and oxygen atoms in total. The summed E-state index contributed by atoms with van der Waals surface area (Å²) in [5.74, 6) is -2.04. The number of aromatic carboxylic acids is 1. The molecule has 0 saturated heterocycles. The molecule has 20 heavy (non-hydrogen) atoms. The summed E-state index contributed by atoms with van der Waals surface area (Å²) in [4.78, 5) is 21.7. The first kappa shape index (κ1) is 16.6. The maximum absolute atomic E-state index is 12.2. The number of carbonyl (C=O) groups excluding carboxylic acids is 1. The summed E-state index contributed by atoms with van der Waals surface area (Å²) in [7, 11) is -2.80. The predicted molar refractivity (Wildman–Crippen MR) is 74.8 cm³/mol. The van der Waals surface area contributed by atoms with Crippen LogP contribution < -0.4 is 5.73 Å². The molecule has 0 aliphatic heterocycles. The average molecular weight is 365 g/mol. The van der Waals surface area contributed by atoms with E-state index in [1.807, 2.05) is 0 Å². The zero-order chi connectivity index (χ0) is 15.7. The Hall–Kier alpha value is -1.45. The highest BCUT2D eigenvalue weighted by molar-refractivity contribution is 9.10. The molecule has 0 atom stereocenters. The molecule has 0 radical (unpaired) electrons. The second-order valence-electron chi connectivity index (χ2n) is 4.11. The fourth-order valence-electron chi connectivity index (χ4n) is 1.51. The van der Waals surface area contributed by atoms with Crippen molar-refractivity contribution in [3.05, 3.63) is 27.7 Å². The Bertz CT molecular complexity index is 672. The van der Waals surface area contributed by atoms with Crippen LogP contribution in [0.5, 0.6) is 0 Å². The van der Waals surface area contributed by atoms with Crippen molar-refractivity contribution < 1.29 is 23.1 Å². The quantitative estimate of drug-likeness (QED) is 0.791. The molecule has 9 heteroatoms. The molecule has 0 aromatic heterocycles. The van der Waals surface area contributed by atoms with Gasteiger partial charge >= 0.3 is 5.97 Å². The molecule has 1 aromatic carbocycles. The molecule has 1 aromatic rings. The third kappa shape index (κ3) is 3.35. The van der Waals surface area contributed by atoms with Gasteiger partial charge in [-0.25, -0.2) is 13.2 Å². The van der Waals surface area contributed by atoms with Crippen LogP contribution in [0.3, 0.4) is 0 Å². The van der Waals surface area contributed by atoms with Crippen LogP contribution in [0.15, 0.2) is 21.5 Å². The van der Waals surface area contributed by atoms with Crippen molar-refractivity contribution in [2.24, 2.45) is 5.73 Å². The summed E-state index contributed by atoms with van der Waals surface area (Å²) < 4.78 is 25.5. The van der Waals surface area contributed by atoms with E-state index in [1.54, 1.807) is 6.92 Å². The molecule has 3 N–H and O–H groups in total. The number of rotatable bonds is 5. The van der Waals surface area contributed by atoms with Crippen molar-refractivity contribution in [3.63, 3.8) is 0 Å². The number of hydrogen-bond donors (Lipinski definition) is 2. The maximum Gasteiger partial charge on any atom is 0.336 e. The minimum atomic E-state index is -3.99. The van der Waals surface area contributed by atoms with Crippen molar-refractivity contribution in [1.29, 1.82) is 0 Å². The number of carboxylic acid groups (broad SMARTS) is 1. The van der Waals surface area contributed by atoms with Crippen LogP contribution in [0.1, 0.15) is 15.9 Å². The number of nitrogens with zero attached hydrogens (tertiary/aromatic N) is 1. The van der Waals surface area contributed by atoms with Gasteiger partial charge in [0.05, 0.1) is 17.0 Å². The van der Waals surface area contributed by atoms with Gasteiger partial charge in [0, 0.05) is 11.5 Å². The topological polar surface area (TPSA) is 118 Å². The Morgan fingerprint density at radius 1 is 1.40 bits per heavy atom. The second kappa shape index (κ2) is 5.90. The molecular weight excluding hydrogens is 352 g/mol. The lowest BCUT2D eigenvalue weighted by Crippen LogP contribution is -2.35. The minimum Gasteiger partial charge on any atom is -0.478 e. The Balaban J connectivity index is 3.40.